The van der Waals surface area contributed by atoms with Gasteiger partial charge in [-0.1, -0.05) is 0 Å². The van der Waals surface area contributed by atoms with Crippen LogP contribution in [0.15, 0.2) is 53.6 Å². The van der Waals surface area contributed by atoms with E-state index in [1.807, 2.05) is 13.0 Å². The third-order valence-corrected chi connectivity index (χ3v) is 4.93. The van der Waals surface area contributed by atoms with E-state index in [1.54, 1.807) is 23.0 Å². The summed E-state index contributed by atoms with van der Waals surface area (Å²) in [7, 11) is -3.68. The molecule has 0 spiro atoms. The van der Waals surface area contributed by atoms with Crippen molar-refractivity contribution in [2.45, 2.75) is 11.8 Å². The maximum Gasteiger partial charge on any atom is 0.240 e. The van der Waals surface area contributed by atoms with E-state index in [4.69, 9.17) is 0 Å². The molecule has 0 aliphatic heterocycles. The van der Waals surface area contributed by atoms with Crippen LogP contribution in [-0.4, -0.2) is 41.5 Å². The minimum absolute atomic E-state index is 0.0116. The first-order chi connectivity index (χ1) is 12.4. The van der Waals surface area contributed by atoms with Crippen LogP contribution >= 0.6 is 0 Å². The molecule has 0 bridgehead atoms. The number of hydrogen-bond donors (Lipinski definition) is 2. The summed E-state index contributed by atoms with van der Waals surface area (Å²) in [6, 6.07) is 9.98. The lowest BCUT2D eigenvalue weighted by Crippen LogP contribution is -2.29. The van der Waals surface area contributed by atoms with Crippen molar-refractivity contribution in [3.8, 4) is 5.82 Å². The summed E-state index contributed by atoms with van der Waals surface area (Å²) in [5, 5.41) is 15.3. The molecule has 0 aliphatic carbocycles. The van der Waals surface area contributed by atoms with Crippen LogP contribution in [0.3, 0.4) is 0 Å². The van der Waals surface area contributed by atoms with Crippen LogP contribution in [0, 0.1) is 12.7 Å². The molecular weight excluding hydrogens is 359 g/mol. The highest BCUT2D eigenvalue weighted by atomic mass is 32.2. The van der Waals surface area contributed by atoms with Crippen LogP contribution in [0.4, 0.5) is 10.2 Å². The van der Waals surface area contributed by atoms with Crippen molar-refractivity contribution in [1.29, 1.82) is 0 Å². The lowest BCUT2D eigenvalue weighted by Gasteiger charge is -2.08. The molecule has 0 saturated heterocycles. The van der Waals surface area contributed by atoms with Crippen molar-refractivity contribution in [2.24, 2.45) is 0 Å². The second-order valence-electron chi connectivity index (χ2n) is 5.46. The molecule has 0 unspecified atom stereocenters. The molecule has 3 aromatic rings. The maximum atomic E-state index is 12.9. The molecule has 2 heterocycles. The molecule has 10 heteroatoms. The van der Waals surface area contributed by atoms with Crippen LogP contribution < -0.4 is 10.0 Å². The lowest BCUT2D eigenvalue weighted by atomic mass is 10.4. The summed E-state index contributed by atoms with van der Waals surface area (Å²) >= 11 is 0. The minimum atomic E-state index is -3.68. The zero-order valence-electron chi connectivity index (χ0n) is 13.9. The van der Waals surface area contributed by atoms with Gasteiger partial charge in [-0.25, -0.2) is 22.2 Å². The van der Waals surface area contributed by atoms with E-state index in [1.165, 1.54) is 12.1 Å². The number of anilines is 1. The third kappa shape index (κ3) is 4.41. The number of nitrogens with zero attached hydrogens (tertiary/aromatic N) is 4. The number of aryl methyl sites for hydroxylation is 1. The van der Waals surface area contributed by atoms with E-state index in [-0.39, 0.29) is 11.4 Å². The SMILES string of the molecule is Cc1ccn(-c2ccc(NCCNS(=O)(=O)c3ccc(F)cc3)nn2)n1. The Labute approximate surface area is 150 Å². The zero-order chi connectivity index (χ0) is 18.6. The van der Waals surface area contributed by atoms with Gasteiger partial charge in [0.25, 0.3) is 0 Å². The fraction of sp³-hybridized carbons (Fsp3) is 0.188. The molecule has 0 amide bonds. The summed E-state index contributed by atoms with van der Waals surface area (Å²) in [4.78, 5) is 0.0116. The number of sulfonamides is 1. The Bertz CT molecular complexity index is 971. The Morgan fingerprint density at radius 1 is 1.04 bits per heavy atom. The quantitative estimate of drug-likeness (QED) is 0.606. The van der Waals surface area contributed by atoms with E-state index < -0.39 is 15.8 Å². The van der Waals surface area contributed by atoms with Crippen LogP contribution in [0.1, 0.15) is 5.69 Å². The average molecular weight is 376 g/mol. The summed E-state index contributed by atoms with van der Waals surface area (Å²) in [6.07, 6.45) is 1.79. The minimum Gasteiger partial charge on any atom is -0.367 e. The first-order valence-corrected chi connectivity index (χ1v) is 9.28. The molecule has 136 valence electrons. The van der Waals surface area contributed by atoms with Gasteiger partial charge in [-0.05, 0) is 49.4 Å². The average Bonchev–Trinajstić information content (AvgIpc) is 3.06. The molecule has 2 aromatic heterocycles. The highest BCUT2D eigenvalue weighted by Crippen LogP contribution is 2.09. The number of rotatable bonds is 7. The first-order valence-electron chi connectivity index (χ1n) is 7.79. The van der Waals surface area contributed by atoms with Crippen molar-refractivity contribution in [3.63, 3.8) is 0 Å². The van der Waals surface area contributed by atoms with Gasteiger partial charge in [-0.15, -0.1) is 10.2 Å². The van der Waals surface area contributed by atoms with E-state index >= 15 is 0 Å². The van der Waals surface area contributed by atoms with Gasteiger partial charge in [0.1, 0.15) is 11.6 Å². The predicted octanol–water partition coefficient (Wildman–Crippen LogP) is 1.50. The standard InChI is InChI=1S/C16H17FN6O2S/c1-12-8-11-23(22-12)16-7-6-15(20-21-16)18-9-10-19-26(24,25)14-4-2-13(17)3-5-14/h2-8,11,19H,9-10H2,1H3,(H,18,20). The van der Waals surface area contributed by atoms with Crippen LogP contribution in [-0.2, 0) is 10.0 Å². The zero-order valence-corrected chi connectivity index (χ0v) is 14.7. The lowest BCUT2D eigenvalue weighted by molar-refractivity contribution is 0.582. The number of halogens is 1. The normalized spacial score (nSPS) is 11.5. The molecule has 3 rings (SSSR count). The molecule has 0 saturated carbocycles. The summed E-state index contributed by atoms with van der Waals surface area (Å²) in [5.74, 6) is 0.609. The van der Waals surface area contributed by atoms with Gasteiger partial charge in [0, 0.05) is 19.3 Å². The highest BCUT2D eigenvalue weighted by molar-refractivity contribution is 7.89. The van der Waals surface area contributed by atoms with Crippen molar-refractivity contribution < 1.29 is 12.8 Å². The number of hydrogen-bond acceptors (Lipinski definition) is 6. The Morgan fingerprint density at radius 2 is 1.81 bits per heavy atom. The molecule has 0 radical (unpaired) electrons. The van der Waals surface area contributed by atoms with Gasteiger partial charge in [-0.3, -0.25) is 0 Å². The molecule has 0 atom stereocenters. The Kier molecular flexibility index (Phi) is 5.24. The smallest absolute Gasteiger partial charge is 0.240 e. The molecular formula is C16H17FN6O2S. The van der Waals surface area contributed by atoms with Gasteiger partial charge >= 0.3 is 0 Å². The predicted molar refractivity (Wildman–Crippen MR) is 94.0 cm³/mol. The highest BCUT2D eigenvalue weighted by Gasteiger charge is 2.12. The van der Waals surface area contributed by atoms with Crippen molar-refractivity contribution in [2.75, 3.05) is 18.4 Å². The molecule has 2 N–H and O–H groups in total. The Hall–Kier alpha value is -2.85. The summed E-state index contributed by atoms with van der Waals surface area (Å²) < 4.78 is 41.0. The number of nitrogens with one attached hydrogen (secondary N) is 2. The van der Waals surface area contributed by atoms with Gasteiger partial charge < -0.3 is 5.32 Å². The van der Waals surface area contributed by atoms with Gasteiger partial charge in [0.2, 0.25) is 10.0 Å². The second-order valence-corrected chi connectivity index (χ2v) is 7.22. The molecule has 26 heavy (non-hydrogen) atoms. The second kappa shape index (κ2) is 7.58. The van der Waals surface area contributed by atoms with Crippen LogP contribution in [0.5, 0.6) is 0 Å². The molecule has 0 aliphatic rings. The summed E-state index contributed by atoms with van der Waals surface area (Å²) in [6.45, 7) is 2.34. The Balaban J connectivity index is 1.51. The van der Waals surface area contributed by atoms with Crippen molar-refractivity contribution in [3.05, 3.63) is 60.2 Å². The number of benzene rings is 1. The van der Waals surface area contributed by atoms with Crippen LogP contribution in [0.2, 0.25) is 0 Å². The fourth-order valence-corrected chi connectivity index (χ4v) is 3.19. The maximum absolute atomic E-state index is 12.9. The number of aromatic nitrogens is 4. The van der Waals surface area contributed by atoms with Crippen molar-refractivity contribution >= 4 is 15.8 Å². The largest absolute Gasteiger partial charge is 0.367 e. The van der Waals surface area contributed by atoms with E-state index in [2.05, 4.69) is 25.3 Å². The fourth-order valence-electron chi connectivity index (χ4n) is 2.16. The first kappa shape index (κ1) is 18.0. The third-order valence-electron chi connectivity index (χ3n) is 3.45. The van der Waals surface area contributed by atoms with Crippen molar-refractivity contribution in [1.82, 2.24) is 24.7 Å². The summed E-state index contributed by atoms with van der Waals surface area (Å²) in [5.41, 5.74) is 0.877. The van der Waals surface area contributed by atoms with Gasteiger partial charge in [0.05, 0.1) is 10.6 Å². The monoisotopic (exact) mass is 376 g/mol. The van der Waals surface area contributed by atoms with E-state index in [0.717, 1.165) is 17.8 Å². The topological polar surface area (TPSA) is 102 Å². The van der Waals surface area contributed by atoms with Gasteiger partial charge in [0.15, 0.2) is 5.82 Å². The molecule has 1 aromatic carbocycles. The van der Waals surface area contributed by atoms with E-state index in [0.29, 0.717) is 18.2 Å². The molecule has 8 nitrogen and oxygen atoms in total. The Morgan fingerprint density at radius 3 is 2.42 bits per heavy atom. The van der Waals surface area contributed by atoms with Gasteiger partial charge in [-0.2, -0.15) is 5.10 Å². The van der Waals surface area contributed by atoms with Crippen LogP contribution in [0.25, 0.3) is 5.82 Å². The molecule has 0 fully saturated rings. The van der Waals surface area contributed by atoms with E-state index in [9.17, 15) is 12.8 Å².